The summed E-state index contributed by atoms with van der Waals surface area (Å²) < 4.78 is 136. The van der Waals surface area contributed by atoms with E-state index in [0.717, 1.165) is 32.1 Å². The molecular weight excluding hydrogens is 885 g/mol. The van der Waals surface area contributed by atoms with Crippen molar-refractivity contribution in [2.75, 3.05) is 26.4 Å². The van der Waals surface area contributed by atoms with E-state index in [0.29, 0.717) is 77.0 Å². The third-order valence-electron chi connectivity index (χ3n) is 10.4. The fraction of sp³-hybridized carbons (Fsp3) is 0.868. The molecule has 3 aliphatic heterocycles. The SMILES string of the molecule is CC(C)CC(=O)O[C@H]1C[C@H]2O[C@@]3(CCCCCC[C@@H]([C@H](CCCCCCOC[C@H](COS(=O)(=O)O)NS(=O)(=O)O)OS(=O)(=O)O)OC(=O)CNC(=O)/C=C/CCCCC[C@H]2O3)C1. The number of hydrogen-bond acceptors (Lipinski definition) is 16. The van der Waals surface area contributed by atoms with E-state index in [4.69, 9.17) is 37.0 Å². The zero-order valence-corrected chi connectivity index (χ0v) is 38.0. The Balaban J connectivity index is 1.61. The summed E-state index contributed by atoms with van der Waals surface area (Å²) in [6.45, 7) is 2.23. The number of cyclic esters (lactones) is 1. The second kappa shape index (κ2) is 26.6. The lowest BCUT2D eigenvalue weighted by Gasteiger charge is -2.36. The van der Waals surface area contributed by atoms with E-state index in [1.807, 2.05) is 13.8 Å². The maximum atomic E-state index is 13.0. The Morgan fingerprint density at radius 1 is 0.887 bits per heavy atom. The van der Waals surface area contributed by atoms with E-state index < -0.39 is 86.8 Å². The molecule has 21 nitrogen and oxygen atoms in total. The Kier molecular flexibility index (Phi) is 23.1. The minimum absolute atomic E-state index is 0.0451. The van der Waals surface area contributed by atoms with Crippen LogP contribution in [0, 0.1) is 5.92 Å². The van der Waals surface area contributed by atoms with Crippen LogP contribution in [0.4, 0.5) is 0 Å². The average molecular weight is 951 g/mol. The number of ether oxygens (including phenoxy) is 5. The predicted molar refractivity (Wildman–Crippen MR) is 220 cm³/mol. The third kappa shape index (κ3) is 23.5. The monoisotopic (exact) mass is 950 g/mol. The lowest BCUT2D eigenvalue weighted by Crippen LogP contribution is -2.42. The van der Waals surface area contributed by atoms with E-state index >= 15 is 0 Å². The summed E-state index contributed by atoms with van der Waals surface area (Å²) in [6.07, 6.45) is 10.5. The minimum Gasteiger partial charge on any atom is -0.462 e. The van der Waals surface area contributed by atoms with Crippen LogP contribution < -0.4 is 10.0 Å². The molecule has 1 amide bonds. The van der Waals surface area contributed by atoms with Crippen molar-refractivity contribution in [3.05, 3.63) is 12.2 Å². The first-order valence-corrected chi connectivity index (χ1v) is 25.6. The highest BCUT2D eigenvalue weighted by molar-refractivity contribution is 7.83. The third-order valence-corrected chi connectivity index (χ3v) is 12.0. The van der Waals surface area contributed by atoms with Gasteiger partial charge in [-0.1, -0.05) is 64.9 Å². The molecule has 360 valence electrons. The van der Waals surface area contributed by atoms with E-state index in [-0.39, 0.29) is 49.6 Å². The van der Waals surface area contributed by atoms with Crippen LogP contribution in [0.3, 0.4) is 0 Å². The number of nitrogens with one attached hydrogen (secondary N) is 2. The van der Waals surface area contributed by atoms with Crippen molar-refractivity contribution >= 4 is 48.9 Å². The standard InChI is InChI=1S/C38H66N2O19S3/c1-28(2)22-36(42)55-30-23-34-32-17-11-4-3-5-13-19-35(41)39-25-37(43)56-31(16-10-6-8-14-20-38(24-30,57-32)58-34)33(59-62(50,51)52)18-12-7-9-15-21-53-26-29(40-60(44,45)46)27-54-61(47,48)49/h13,19,28-34,40H,3-12,14-18,20-27H2,1-2H3,(H,39,41)(H,44,45,46)(H,47,48,49)(H,50,51,52)/b19-13+/t29-,30+,31+,32-,33+,34-,38+/m1/s1. The molecule has 2 fully saturated rings. The van der Waals surface area contributed by atoms with Gasteiger partial charge in [0.1, 0.15) is 24.9 Å². The van der Waals surface area contributed by atoms with Crippen LogP contribution in [0.2, 0.25) is 0 Å². The summed E-state index contributed by atoms with van der Waals surface area (Å²) >= 11 is 0. The Hall–Kier alpha value is -2.36. The Labute approximate surface area is 365 Å². The molecule has 2 saturated heterocycles. The molecule has 24 heteroatoms. The highest BCUT2D eigenvalue weighted by atomic mass is 32.3. The molecule has 62 heavy (non-hydrogen) atoms. The second-order valence-corrected chi connectivity index (χ2v) is 19.8. The van der Waals surface area contributed by atoms with Gasteiger partial charge in [-0.3, -0.25) is 28.0 Å². The summed E-state index contributed by atoms with van der Waals surface area (Å²) in [5.41, 5.74) is 0. The number of amides is 1. The van der Waals surface area contributed by atoms with Crippen molar-refractivity contribution < 1.29 is 85.3 Å². The second-order valence-electron chi connectivity index (χ2n) is 16.5. The molecule has 0 saturated carbocycles. The molecule has 0 radical (unpaired) electrons. The van der Waals surface area contributed by atoms with Gasteiger partial charge in [0.15, 0.2) is 5.79 Å². The van der Waals surface area contributed by atoms with Crippen molar-refractivity contribution in [3.8, 4) is 0 Å². The van der Waals surface area contributed by atoms with Gasteiger partial charge in [0.2, 0.25) is 5.91 Å². The molecule has 1 spiro atoms. The molecule has 3 bridgehead atoms. The van der Waals surface area contributed by atoms with Crippen LogP contribution in [0.5, 0.6) is 0 Å². The van der Waals surface area contributed by atoms with Crippen molar-refractivity contribution in [1.29, 1.82) is 0 Å². The number of esters is 2. The number of carbonyl (C=O) groups excluding carboxylic acids is 3. The smallest absolute Gasteiger partial charge is 0.397 e. The van der Waals surface area contributed by atoms with Crippen LogP contribution >= 0.6 is 0 Å². The van der Waals surface area contributed by atoms with Crippen molar-refractivity contribution in [2.45, 2.75) is 178 Å². The zero-order chi connectivity index (χ0) is 45.8. The summed E-state index contributed by atoms with van der Waals surface area (Å²) in [7, 11) is -14.6. The van der Waals surface area contributed by atoms with Crippen LogP contribution in [0.15, 0.2) is 12.2 Å². The van der Waals surface area contributed by atoms with Crippen LogP contribution in [-0.4, -0.2) is 125 Å². The zero-order valence-electron chi connectivity index (χ0n) is 35.6. The minimum atomic E-state index is -4.99. The van der Waals surface area contributed by atoms with Gasteiger partial charge in [-0.15, -0.1) is 0 Å². The molecule has 7 atom stereocenters. The molecule has 0 aromatic carbocycles. The number of unbranched alkanes of at least 4 members (excludes halogenated alkanes) is 3. The van der Waals surface area contributed by atoms with E-state index in [2.05, 4.69) is 9.50 Å². The highest BCUT2D eigenvalue weighted by Crippen LogP contribution is 2.45. The predicted octanol–water partition coefficient (Wildman–Crippen LogP) is 3.84. The highest BCUT2D eigenvalue weighted by Gasteiger charge is 2.53. The normalized spacial score (nSPS) is 26.9. The van der Waals surface area contributed by atoms with Gasteiger partial charge >= 0.3 is 43.0 Å². The van der Waals surface area contributed by atoms with Gasteiger partial charge in [-0.25, -0.2) is 8.37 Å². The van der Waals surface area contributed by atoms with E-state index in [1.54, 1.807) is 10.8 Å². The molecule has 3 aliphatic rings. The fourth-order valence-electron chi connectivity index (χ4n) is 7.73. The first-order valence-electron chi connectivity index (χ1n) is 21.4. The molecule has 0 aromatic heterocycles. The lowest BCUT2D eigenvalue weighted by atomic mass is 9.93. The summed E-state index contributed by atoms with van der Waals surface area (Å²) in [6, 6.07) is -1.35. The molecular formula is C38H66N2O19S3. The first kappa shape index (κ1) is 54.0. The Morgan fingerprint density at radius 3 is 2.29 bits per heavy atom. The largest absolute Gasteiger partial charge is 0.462 e. The topological polar surface area (TPSA) is 303 Å². The van der Waals surface area contributed by atoms with Gasteiger partial charge in [0.05, 0.1) is 31.5 Å². The quantitative estimate of drug-likeness (QED) is 0.0658. The van der Waals surface area contributed by atoms with Gasteiger partial charge in [0, 0.05) is 32.3 Å². The number of allylic oxidation sites excluding steroid dienone is 1. The maximum Gasteiger partial charge on any atom is 0.397 e. The molecule has 3 rings (SSSR count). The summed E-state index contributed by atoms with van der Waals surface area (Å²) in [5.74, 6) is -2.30. The molecule has 0 unspecified atom stereocenters. The van der Waals surface area contributed by atoms with Crippen molar-refractivity contribution in [2.24, 2.45) is 5.92 Å². The number of fused-ring (bicyclic) bond motifs is 3. The molecule has 5 N–H and O–H groups in total. The number of carbonyl (C=O) groups is 3. The summed E-state index contributed by atoms with van der Waals surface area (Å²) in [4.78, 5) is 38.0. The average Bonchev–Trinajstić information content (AvgIpc) is 3.40. The van der Waals surface area contributed by atoms with Gasteiger partial charge in [0.25, 0.3) is 0 Å². The van der Waals surface area contributed by atoms with Gasteiger partial charge in [-0.2, -0.15) is 30.0 Å². The number of hydrogen-bond donors (Lipinski definition) is 5. The summed E-state index contributed by atoms with van der Waals surface area (Å²) in [5, 5.41) is 2.48. The van der Waals surface area contributed by atoms with Crippen LogP contribution in [0.1, 0.15) is 136 Å². The maximum absolute atomic E-state index is 13.0. The van der Waals surface area contributed by atoms with Crippen molar-refractivity contribution in [1.82, 2.24) is 10.0 Å². The van der Waals surface area contributed by atoms with Gasteiger partial charge < -0.3 is 29.0 Å². The lowest BCUT2D eigenvalue weighted by molar-refractivity contribution is -0.223. The molecule has 0 aliphatic carbocycles. The van der Waals surface area contributed by atoms with E-state index in [9.17, 15) is 44.2 Å². The van der Waals surface area contributed by atoms with Crippen LogP contribution in [-0.2, 0) is 77.5 Å². The fourth-order valence-corrected chi connectivity index (χ4v) is 9.16. The molecule has 0 aromatic rings. The van der Waals surface area contributed by atoms with E-state index in [1.165, 1.54) is 6.08 Å². The van der Waals surface area contributed by atoms with Crippen LogP contribution in [0.25, 0.3) is 0 Å². The van der Waals surface area contributed by atoms with Gasteiger partial charge in [-0.05, 0) is 63.4 Å². The Morgan fingerprint density at radius 2 is 1.58 bits per heavy atom. The first-order chi connectivity index (χ1) is 29.1. The Bertz CT molecular complexity index is 1760. The molecule has 3 heterocycles. The number of rotatable bonds is 20. The van der Waals surface area contributed by atoms with Crippen molar-refractivity contribution in [3.63, 3.8) is 0 Å².